The molecule has 0 heterocycles. The summed E-state index contributed by atoms with van der Waals surface area (Å²) in [6, 6.07) is 7.92. The Labute approximate surface area is 128 Å². The van der Waals surface area contributed by atoms with Crippen molar-refractivity contribution in [1.29, 1.82) is 0 Å². The predicted octanol–water partition coefficient (Wildman–Crippen LogP) is 2.61. The number of nitrogens with one attached hydrogen (secondary N) is 1. The maximum atomic E-state index is 12.2. The molecule has 1 amide bonds. The van der Waals surface area contributed by atoms with Crippen LogP contribution in [-0.2, 0) is 10.2 Å². The van der Waals surface area contributed by atoms with Gasteiger partial charge >= 0.3 is 0 Å². The van der Waals surface area contributed by atoms with Gasteiger partial charge in [0.25, 0.3) is 0 Å². The van der Waals surface area contributed by atoms with Gasteiger partial charge in [0.1, 0.15) is 5.75 Å². The van der Waals surface area contributed by atoms with Crippen molar-refractivity contribution in [1.82, 2.24) is 5.32 Å². The lowest BCUT2D eigenvalue weighted by atomic mass is 9.84. The fraction of sp³-hybridized carbons (Fsp3) is 0.588. The van der Waals surface area contributed by atoms with Crippen molar-refractivity contribution in [3.05, 3.63) is 29.8 Å². The maximum absolute atomic E-state index is 12.2. The smallest absolute Gasteiger partial charge is 0.239 e. The molecule has 4 heteroatoms. The first kappa shape index (κ1) is 17.5. The van der Waals surface area contributed by atoms with E-state index in [1.54, 1.807) is 14.0 Å². The minimum absolute atomic E-state index is 0.0917. The van der Waals surface area contributed by atoms with Gasteiger partial charge in [0.2, 0.25) is 5.91 Å². The molecule has 21 heavy (non-hydrogen) atoms. The zero-order chi connectivity index (χ0) is 16.1. The van der Waals surface area contributed by atoms with Gasteiger partial charge in [-0.25, -0.2) is 0 Å². The molecule has 1 aromatic rings. The van der Waals surface area contributed by atoms with E-state index in [2.05, 4.69) is 19.2 Å². The van der Waals surface area contributed by atoms with Gasteiger partial charge in [-0.2, -0.15) is 0 Å². The molecule has 118 valence electrons. The van der Waals surface area contributed by atoms with Crippen molar-refractivity contribution >= 4 is 5.91 Å². The molecule has 0 fully saturated rings. The van der Waals surface area contributed by atoms with Crippen LogP contribution >= 0.6 is 0 Å². The number of benzene rings is 1. The van der Waals surface area contributed by atoms with E-state index in [9.17, 15) is 4.79 Å². The lowest BCUT2D eigenvalue weighted by Gasteiger charge is -2.29. The SMILES string of the molecule is CCCC(C)(N)C(=O)NCC(C)(C)c1ccc(OC)cc1. The van der Waals surface area contributed by atoms with Gasteiger partial charge in [-0.05, 0) is 31.0 Å². The Morgan fingerprint density at radius 2 is 1.81 bits per heavy atom. The molecule has 1 unspecified atom stereocenters. The van der Waals surface area contributed by atoms with E-state index >= 15 is 0 Å². The van der Waals surface area contributed by atoms with Gasteiger partial charge in [-0.15, -0.1) is 0 Å². The van der Waals surface area contributed by atoms with E-state index in [0.29, 0.717) is 13.0 Å². The summed E-state index contributed by atoms with van der Waals surface area (Å²) in [5.41, 5.74) is 6.24. The molecule has 4 nitrogen and oxygen atoms in total. The lowest BCUT2D eigenvalue weighted by Crippen LogP contribution is -2.53. The molecule has 0 aliphatic rings. The summed E-state index contributed by atoms with van der Waals surface area (Å²) in [5.74, 6) is 0.738. The monoisotopic (exact) mass is 292 g/mol. The standard InChI is InChI=1S/C17H28N2O2/c1-6-11-17(4,18)15(20)19-12-16(2,3)13-7-9-14(21-5)10-8-13/h7-10H,6,11-12,18H2,1-5H3,(H,19,20). The van der Waals surface area contributed by atoms with E-state index in [-0.39, 0.29) is 11.3 Å². The molecular weight excluding hydrogens is 264 g/mol. The molecule has 0 radical (unpaired) electrons. The van der Waals surface area contributed by atoms with Crippen LogP contribution in [0.2, 0.25) is 0 Å². The number of rotatable bonds is 7. The second-order valence-electron chi connectivity index (χ2n) is 6.46. The van der Waals surface area contributed by atoms with Crippen molar-refractivity contribution in [2.45, 2.75) is 51.5 Å². The Morgan fingerprint density at radius 3 is 2.29 bits per heavy atom. The zero-order valence-electron chi connectivity index (χ0n) is 13.8. The third kappa shape index (κ3) is 4.74. The Kier molecular flexibility index (Phi) is 5.78. The quantitative estimate of drug-likeness (QED) is 0.812. The Bertz CT molecular complexity index is 464. The van der Waals surface area contributed by atoms with Gasteiger partial charge in [-0.3, -0.25) is 4.79 Å². The number of methoxy groups -OCH3 is 1. The van der Waals surface area contributed by atoms with Crippen LogP contribution in [0.1, 0.15) is 46.1 Å². The topological polar surface area (TPSA) is 64.4 Å². The molecule has 0 saturated carbocycles. The summed E-state index contributed by atoms with van der Waals surface area (Å²) < 4.78 is 5.17. The third-order valence-corrected chi connectivity index (χ3v) is 3.85. The highest BCUT2D eigenvalue weighted by molar-refractivity contribution is 5.85. The number of carbonyl (C=O) groups is 1. The number of nitrogens with two attached hydrogens (primary N) is 1. The van der Waals surface area contributed by atoms with E-state index in [1.807, 2.05) is 31.2 Å². The van der Waals surface area contributed by atoms with Crippen LogP contribution in [0.4, 0.5) is 0 Å². The van der Waals surface area contributed by atoms with Crippen LogP contribution in [0.25, 0.3) is 0 Å². The van der Waals surface area contributed by atoms with Crippen molar-refractivity contribution < 1.29 is 9.53 Å². The Hall–Kier alpha value is -1.55. The number of ether oxygens (including phenoxy) is 1. The average molecular weight is 292 g/mol. The van der Waals surface area contributed by atoms with Crippen molar-refractivity contribution in [2.75, 3.05) is 13.7 Å². The molecule has 1 atom stereocenters. The van der Waals surface area contributed by atoms with Crippen molar-refractivity contribution in [3.8, 4) is 5.75 Å². The number of amides is 1. The fourth-order valence-corrected chi connectivity index (χ4v) is 2.28. The Morgan fingerprint density at radius 1 is 1.24 bits per heavy atom. The number of hydrogen-bond donors (Lipinski definition) is 2. The second kappa shape index (κ2) is 6.94. The summed E-state index contributed by atoms with van der Waals surface area (Å²) >= 11 is 0. The molecular formula is C17H28N2O2. The van der Waals surface area contributed by atoms with E-state index in [4.69, 9.17) is 10.5 Å². The molecule has 3 N–H and O–H groups in total. The predicted molar refractivity (Wildman–Crippen MR) is 86.5 cm³/mol. The fourth-order valence-electron chi connectivity index (χ4n) is 2.28. The van der Waals surface area contributed by atoms with Crippen LogP contribution in [0, 0.1) is 0 Å². The van der Waals surface area contributed by atoms with E-state index in [1.165, 1.54) is 0 Å². The molecule has 0 bridgehead atoms. The molecule has 0 aromatic heterocycles. The average Bonchev–Trinajstić information content (AvgIpc) is 2.44. The third-order valence-electron chi connectivity index (χ3n) is 3.85. The largest absolute Gasteiger partial charge is 0.497 e. The highest BCUT2D eigenvalue weighted by Crippen LogP contribution is 2.24. The first-order chi connectivity index (χ1) is 9.73. The van der Waals surface area contributed by atoms with Crippen LogP contribution in [0.3, 0.4) is 0 Å². The minimum atomic E-state index is -0.801. The van der Waals surface area contributed by atoms with Gasteiger partial charge in [0.15, 0.2) is 0 Å². The van der Waals surface area contributed by atoms with Gasteiger partial charge < -0.3 is 15.8 Å². The minimum Gasteiger partial charge on any atom is -0.497 e. The summed E-state index contributed by atoms with van der Waals surface area (Å²) in [5, 5.41) is 2.98. The molecule has 0 aliphatic carbocycles. The van der Waals surface area contributed by atoms with E-state index < -0.39 is 5.54 Å². The van der Waals surface area contributed by atoms with Crippen LogP contribution < -0.4 is 15.8 Å². The second-order valence-corrected chi connectivity index (χ2v) is 6.46. The molecule has 0 aliphatic heterocycles. The summed E-state index contributed by atoms with van der Waals surface area (Å²) in [7, 11) is 1.65. The highest BCUT2D eigenvalue weighted by Gasteiger charge is 2.29. The van der Waals surface area contributed by atoms with Crippen LogP contribution in [-0.4, -0.2) is 25.1 Å². The van der Waals surface area contributed by atoms with Gasteiger partial charge in [-0.1, -0.05) is 39.3 Å². The Balaban J connectivity index is 2.69. The molecule has 1 aromatic carbocycles. The summed E-state index contributed by atoms with van der Waals surface area (Å²) in [4.78, 5) is 12.2. The molecule has 1 rings (SSSR count). The summed E-state index contributed by atoms with van der Waals surface area (Å²) in [6.07, 6.45) is 1.57. The van der Waals surface area contributed by atoms with Crippen molar-refractivity contribution in [3.63, 3.8) is 0 Å². The number of carbonyl (C=O) groups excluding carboxylic acids is 1. The van der Waals surface area contributed by atoms with Crippen LogP contribution in [0.15, 0.2) is 24.3 Å². The lowest BCUT2D eigenvalue weighted by molar-refractivity contribution is -0.126. The van der Waals surface area contributed by atoms with Gasteiger partial charge in [0, 0.05) is 12.0 Å². The first-order valence-corrected chi connectivity index (χ1v) is 7.44. The molecule has 0 saturated heterocycles. The normalized spacial score (nSPS) is 14.4. The highest BCUT2D eigenvalue weighted by atomic mass is 16.5. The maximum Gasteiger partial charge on any atom is 0.239 e. The van der Waals surface area contributed by atoms with Gasteiger partial charge in [0.05, 0.1) is 12.6 Å². The van der Waals surface area contributed by atoms with E-state index in [0.717, 1.165) is 17.7 Å². The number of hydrogen-bond acceptors (Lipinski definition) is 3. The molecule has 0 spiro atoms. The summed E-state index contributed by atoms with van der Waals surface area (Å²) in [6.45, 7) is 8.56. The van der Waals surface area contributed by atoms with Crippen molar-refractivity contribution in [2.24, 2.45) is 5.73 Å². The van der Waals surface area contributed by atoms with Crippen LogP contribution in [0.5, 0.6) is 5.75 Å². The zero-order valence-corrected chi connectivity index (χ0v) is 13.8. The first-order valence-electron chi connectivity index (χ1n) is 7.44.